The van der Waals surface area contributed by atoms with Crippen molar-refractivity contribution in [2.75, 3.05) is 6.26 Å². The Balaban J connectivity index is 1.86. The van der Waals surface area contributed by atoms with E-state index in [2.05, 4.69) is 16.9 Å². The molecule has 0 fully saturated rings. The third-order valence-corrected chi connectivity index (χ3v) is 7.39. The predicted octanol–water partition coefficient (Wildman–Crippen LogP) is 1.77. The summed E-state index contributed by atoms with van der Waals surface area (Å²) in [7, 11) is -3.85. The molecule has 0 saturated carbocycles. The van der Waals surface area contributed by atoms with E-state index in [-0.39, 0.29) is 30.5 Å². The molecule has 1 unspecified atom stereocenters. The first kappa shape index (κ1) is 23.4. The number of aliphatic hydroxyl groups excluding tert-OH is 1. The van der Waals surface area contributed by atoms with Crippen LogP contribution in [0.25, 0.3) is 10.9 Å². The fraction of sp³-hybridized carbons (Fsp3) is 0.273. The van der Waals surface area contributed by atoms with Gasteiger partial charge in [-0.05, 0) is 43.2 Å². The average molecular weight is 459 g/mol. The number of carbonyl (C=O) groups is 1. The van der Waals surface area contributed by atoms with Gasteiger partial charge in [0.15, 0.2) is 14.6 Å². The summed E-state index contributed by atoms with van der Waals surface area (Å²) in [6, 6.07) is 10.0. The molecule has 32 heavy (non-hydrogen) atoms. The number of hydrogen-bond acceptors (Lipinski definition) is 6. The summed E-state index contributed by atoms with van der Waals surface area (Å²) in [6.45, 7) is 1.14. The Morgan fingerprint density at radius 1 is 1.22 bits per heavy atom. The summed E-state index contributed by atoms with van der Waals surface area (Å²) < 4.78 is 38.6. The van der Waals surface area contributed by atoms with Gasteiger partial charge in [0.1, 0.15) is 5.82 Å². The molecule has 0 aliphatic carbocycles. The highest BCUT2D eigenvalue weighted by molar-refractivity contribution is 7.92. The number of benzene rings is 2. The molecule has 0 spiro atoms. The molecule has 0 bridgehead atoms. The third-order valence-electron chi connectivity index (χ3n) is 5.37. The molecule has 8 nitrogen and oxygen atoms in total. The number of amides is 1. The molecule has 1 aromatic heterocycles. The van der Waals surface area contributed by atoms with E-state index in [1.54, 1.807) is 30.3 Å². The second kappa shape index (κ2) is 9.08. The van der Waals surface area contributed by atoms with Crippen LogP contribution < -0.4 is 5.48 Å². The third kappa shape index (κ3) is 4.65. The summed E-state index contributed by atoms with van der Waals surface area (Å²) in [5.74, 6) is 4.04. The number of rotatable bonds is 6. The second-order valence-corrected chi connectivity index (χ2v) is 10.00. The summed E-state index contributed by atoms with van der Waals surface area (Å²) in [6.07, 6.45) is 2.15. The number of fused-ring (bicyclic) bond motifs is 1. The lowest BCUT2D eigenvalue weighted by atomic mass is 10.1. The second-order valence-electron chi connectivity index (χ2n) is 7.55. The maximum absolute atomic E-state index is 15.0. The fourth-order valence-corrected chi connectivity index (χ4v) is 3.91. The van der Waals surface area contributed by atoms with Crippen LogP contribution >= 0.6 is 0 Å². The molecule has 1 atom stereocenters. The van der Waals surface area contributed by atoms with Crippen molar-refractivity contribution in [3.8, 4) is 11.8 Å². The fourth-order valence-electron chi connectivity index (χ4n) is 3.07. The average Bonchev–Trinajstić information content (AvgIpc) is 3.20. The van der Waals surface area contributed by atoms with Gasteiger partial charge in [0.05, 0.1) is 23.1 Å². The zero-order chi connectivity index (χ0) is 23.5. The molecule has 0 saturated heterocycles. The van der Waals surface area contributed by atoms with Crippen LogP contribution in [-0.2, 0) is 27.8 Å². The highest BCUT2D eigenvalue weighted by Crippen LogP contribution is 2.24. The first-order valence-electron chi connectivity index (χ1n) is 9.60. The van der Waals surface area contributed by atoms with Crippen molar-refractivity contribution >= 4 is 26.6 Å². The van der Waals surface area contributed by atoms with E-state index in [9.17, 15) is 17.6 Å². The van der Waals surface area contributed by atoms with Gasteiger partial charge < -0.3 is 5.11 Å². The zero-order valence-corrected chi connectivity index (χ0v) is 18.3. The number of nitrogens with zero attached hydrogens (tertiary/aromatic N) is 2. The van der Waals surface area contributed by atoms with Crippen LogP contribution in [0.5, 0.6) is 0 Å². The largest absolute Gasteiger partial charge is 0.392 e. The normalized spacial score (nSPS) is 13.3. The Morgan fingerprint density at radius 3 is 2.50 bits per heavy atom. The Morgan fingerprint density at radius 2 is 1.91 bits per heavy atom. The highest BCUT2D eigenvalue weighted by Gasteiger charge is 2.43. The smallest absolute Gasteiger partial charge is 0.264 e. The molecule has 10 heteroatoms. The Hall–Kier alpha value is -3.26. The van der Waals surface area contributed by atoms with Crippen LogP contribution in [0.4, 0.5) is 4.39 Å². The van der Waals surface area contributed by atoms with E-state index in [0.717, 1.165) is 11.8 Å². The summed E-state index contributed by atoms with van der Waals surface area (Å²) in [5.41, 5.74) is 3.33. The number of nitrogens with one attached hydrogen (secondary N) is 1. The van der Waals surface area contributed by atoms with Crippen LogP contribution in [0, 0.1) is 17.7 Å². The van der Waals surface area contributed by atoms with E-state index in [0.29, 0.717) is 11.1 Å². The lowest BCUT2D eigenvalue weighted by molar-refractivity contribution is -0.131. The molecule has 0 aliphatic rings. The lowest BCUT2D eigenvalue weighted by Gasteiger charge is -2.24. The van der Waals surface area contributed by atoms with Crippen molar-refractivity contribution in [1.82, 2.24) is 15.3 Å². The zero-order valence-electron chi connectivity index (χ0n) is 17.5. The molecule has 2 aromatic carbocycles. The van der Waals surface area contributed by atoms with Gasteiger partial charge in [-0.15, -0.1) is 0 Å². The van der Waals surface area contributed by atoms with Crippen molar-refractivity contribution in [3.63, 3.8) is 0 Å². The highest BCUT2D eigenvalue weighted by atomic mass is 32.2. The molecule has 3 aromatic rings. The van der Waals surface area contributed by atoms with Gasteiger partial charge in [0.25, 0.3) is 5.91 Å². The Labute approximate surface area is 184 Å². The van der Waals surface area contributed by atoms with E-state index in [1.807, 2.05) is 0 Å². The van der Waals surface area contributed by atoms with Crippen LogP contribution in [0.3, 0.4) is 0 Å². The van der Waals surface area contributed by atoms with Gasteiger partial charge in [-0.25, -0.2) is 18.3 Å². The lowest BCUT2D eigenvalue weighted by Crippen LogP contribution is -2.49. The van der Waals surface area contributed by atoms with Crippen molar-refractivity contribution in [1.29, 1.82) is 0 Å². The topological polar surface area (TPSA) is 122 Å². The maximum atomic E-state index is 15.0. The number of hydrogen-bond donors (Lipinski definition) is 3. The minimum atomic E-state index is -3.85. The molecule has 1 heterocycles. The molecule has 3 N–H and O–H groups in total. The van der Waals surface area contributed by atoms with Gasteiger partial charge in [-0.2, -0.15) is 5.10 Å². The van der Waals surface area contributed by atoms with Gasteiger partial charge in [0.2, 0.25) is 0 Å². The number of sulfone groups is 1. The van der Waals surface area contributed by atoms with Gasteiger partial charge >= 0.3 is 0 Å². The minimum absolute atomic E-state index is 0.00330. The van der Waals surface area contributed by atoms with Gasteiger partial charge in [-0.3, -0.25) is 14.7 Å². The molecule has 168 valence electrons. The van der Waals surface area contributed by atoms with Crippen LogP contribution in [0.1, 0.15) is 30.0 Å². The Kier molecular flexibility index (Phi) is 6.64. The number of aryl methyl sites for hydroxylation is 1. The first-order valence-corrected chi connectivity index (χ1v) is 11.5. The van der Waals surface area contributed by atoms with Crippen molar-refractivity contribution < 1.29 is 27.9 Å². The molecule has 3 rings (SSSR count). The van der Waals surface area contributed by atoms with E-state index >= 15 is 0 Å². The minimum Gasteiger partial charge on any atom is -0.392 e. The number of aliphatic hydroxyl groups is 1. The molecule has 0 aliphatic heterocycles. The number of carbonyl (C=O) groups excluding carboxylic acids is 1. The van der Waals surface area contributed by atoms with Crippen molar-refractivity contribution in [2.24, 2.45) is 0 Å². The van der Waals surface area contributed by atoms with Crippen molar-refractivity contribution in [3.05, 3.63) is 65.1 Å². The Bertz CT molecular complexity index is 1320. The quantitative estimate of drug-likeness (QED) is 0.293. The predicted molar refractivity (Wildman–Crippen MR) is 116 cm³/mol. The van der Waals surface area contributed by atoms with E-state index in [4.69, 9.17) is 10.3 Å². The SMILES string of the molecule is CC(CCn1cc2c(F)c(C#Cc3ccc(CO)cc3)ccc2n1)(C(=O)NO)S(C)(=O)=O. The van der Waals surface area contributed by atoms with Gasteiger partial charge in [0, 0.05) is 24.6 Å². The van der Waals surface area contributed by atoms with Gasteiger partial charge in [-0.1, -0.05) is 24.0 Å². The van der Waals surface area contributed by atoms with Crippen molar-refractivity contribution in [2.45, 2.75) is 31.2 Å². The summed E-state index contributed by atoms with van der Waals surface area (Å²) in [5, 5.41) is 22.4. The van der Waals surface area contributed by atoms with E-state index in [1.165, 1.54) is 29.3 Å². The van der Waals surface area contributed by atoms with E-state index < -0.39 is 26.3 Å². The van der Waals surface area contributed by atoms with Crippen LogP contribution in [0.2, 0.25) is 0 Å². The standard InChI is InChI=1S/C22H22FN3O5S/c1-22(21(28)25-29,32(2,30)31)11-12-26-13-18-19(24-26)10-9-17(20(18)23)8-7-15-3-5-16(14-27)6-4-15/h3-6,9-10,13,27,29H,11-12,14H2,1-2H3,(H,25,28). The molecular formula is C22H22FN3O5S. The molecular weight excluding hydrogens is 437 g/mol. The maximum Gasteiger partial charge on any atom is 0.264 e. The monoisotopic (exact) mass is 459 g/mol. The summed E-state index contributed by atoms with van der Waals surface area (Å²) in [4.78, 5) is 11.9. The van der Waals surface area contributed by atoms with Crippen LogP contribution in [-0.4, -0.2) is 45.4 Å². The summed E-state index contributed by atoms with van der Waals surface area (Å²) >= 11 is 0. The number of hydroxylamine groups is 1. The van der Waals surface area contributed by atoms with Crippen LogP contribution in [0.15, 0.2) is 42.6 Å². The number of aromatic nitrogens is 2. The number of halogens is 1. The molecule has 0 radical (unpaired) electrons. The molecule has 1 amide bonds. The first-order chi connectivity index (χ1) is 15.1.